The van der Waals surface area contributed by atoms with E-state index in [1.54, 1.807) is 16.2 Å². The summed E-state index contributed by atoms with van der Waals surface area (Å²) >= 11 is 5.08. The Bertz CT molecular complexity index is 742. The fraction of sp³-hybridized carbons (Fsp3) is 0.333. The molecule has 0 bridgehead atoms. The number of carbonyl (C=O) groups excluding carboxylic acids is 2. The Kier molecular flexibility index (Phi) is 5.36. The Hall–Kier alpha value is -1.66. The Morgan fingerprint density at radius 1 is 1.25 bits per heavy atom. The highest BCUT2D eigenvalue weighted by atomic mass is 79.9. The maximum atomic E-state index is 12.4. The lowest BCUT2D eigenvalue weighted by Crippen LogP contribution is -2.27. The van der Waals surface area contributed by atoms with Crippen LogP contribution >= 0.6 is 27.3 Å². The highest BCUT2D eigenvalue weighted by Crippen LogP contribution is 2.24. The number of carbonyl (C=O) groups is 2. The van der Waals surface area contributed by atoms with Crippen molar-refractivity contribution in [1.29, 1.82) is 0 Å². The topological polar surface area (TPSA) is 40.6 Å². The fourth-order valence-electron chi connectivity index (χ4n) is 2.78. The number of rotatable bonds is 5. The molecule has 0 N–H and O–H groups in total. The molecule has 0 unspecified atom stereocenters. The summed E-state index contributed by atoms with van der Waals surface area (Å²) in [5.74, 6) is 0.269. The Morgan fingerprint density at radius 3 is 2.58 bits per heavy atom. The molecule has 1 aromatic heterocycles. The van der Waals surface area contributed by atoms with E-state index in [0.717, 1.165) is 32.9 Å². The van der Waals surface area contributed by atoms with Crippen molar-refractivity contribution >= 4 is 44.8 Å². The Labute approximate surface area is 154 Å². The van der Waals surface area contributed by atoms with Crippen molar-refractivity contribution in [2.24, 2.45) is 0 Å². The molecule has 0 spiro atoms. The van der Waals surface area contributed by atoms with Crippen LogP contribution < -0.4 is 4.90 Å². The predicted octanol–water partition coefficient (Wildman–Crippen LogP) is 3.84. The van der Waals surface area contributed by atoms with E-state index in [0.29, 0.717) is 19.4 Å². The van der Waals surface area contributed by atoms with E-state index in [1.165, 1.54) is 0 Å². The number of amides is 2. The number of hydrogen-bond acceptors (Lipinski definition) is 3. The molecule has 2 amide bonds. The van der Waals surface area contributed by atoms with Crippen molar-refractivity contribution in [3.63, 3.8) is 0 Å². The van der Waals surface area contributed by atoms with Crippen LogP contribution in [0.15, 0.2) is 40.2 Å². The first-order valence-electron chi connectivity index (χ1n) is 7.90. The van der Waals surface area contributed by atoms with Gasteiger partial charge in [0.15, 0.2) is 0 Å². The van der Waals surface area contributed by atoms with Crippen molar-refractivity contribution < 1.29 is 9.59 Å². The first kappa shape index (κ1) is 17.2. The first-order valence-corrected chi connectivity index (χ1v) is 9.51. The van der Waals surface area contributed by atoms with Gasteiger partial charge < -0.3 is 9.80 Å². The number of thiophene rings is 1. The van der Waals surface area contributed by atoms with Crippen LogP contribution in [0.2, 0.25) is 0 Å². The largest absolute Gasteiger partial charge is 0.340 e. The summed E-state index contributed by atoms with van der Waals surface area (Å²) < 4.78 is 1.07. The second-order valence-electron chi connectivity index (χ2n) is 5.95. The molecule has 6 heteroatoms. The molecule has 0 radical (unpaired) electrons. The van der Waals surface area contributed by atoms with Crippen molar-refractivity contribution in [1.82, 2.24) is 4.90 Å². The molecule has 2 heterocycles. The van der Waals surface area contributed by atoms with Gasteiger partial charge in [-0.15, -0.1) is 11.3 Å². The van der Waals surface area contributed by atoms with Gasteiger partial charge in [-0.1, -0.05) is 12.1 Å². The summed E-state index contributed by atoms with van der Waals surface area (Å²) in [5.41, 5.74) is 1.89. The Balaban J connectivity index is 1.58. The fourth-order valence-corrected chi connectivity index (χ4v) is 4.32. The molecular formula is C18H19BrN2O2S. The lowest BCUT2D eigenvalue weighted by molar-refractivity contribution is -0.129. The monoisotopic (exact) mass is 406 g/mol. The summed E-state index contributed by atoms with van der Waals surface area (Å²) in [6.07, 6.45) is 1.92. The van der Waals surface area contributed by atoms with Crippen molar-refractivity contribution in [3.8, 4) is 0 Å². The molecule has 1 saturated heterocycles. The van der Waals surface area contributed by atoms with E-state index in [2.05, 4.69) is 15.9 Å². The van der Waals surface area contributed by atoms with Crippen molar-refractivity contribution in [2.45, 2.75) is 25.8 Å². The van der Waals surface area contributed by atoms with Crippen LogP contribution in [-0.2, 0) is 22.6 Å². The van der Waals surface area contributed by atoms with Gasteiger partial charge in [0.2, 0.25) is 11.8 Å². The van der Waals surface area contributed by atoms with E-state index < -0.39 is 0 Å². The molecule has 126 valence electrons. The standard InChI is InChI=1S/C18H19BrN2O2S/c1-20(12-15-8-9-16(19)24-15)18(23)11-13-4-6-14(7-5-13)21-10-2-3-17(21)22/h4-9H,2-3,10-12H2,1H3. The zero-order valence-electron chi connectivity index (χ0n) is 13.5. The van der Waals surface area contributed by atoms with E-state index in [4.69, 9.17) is 0 Å². The lowest BCUT2D eigenvalue weighted by atomic mass is 10.1. The van der Waals surface area contributed by atoms with Crippen molar-refractivity contribution in [2.75, 3.05) is 18.5 Å². The third-order valence-electron chi connectivity index (χ3n) is 4.12. The minimum Gasteiger partial charge on any atom is -0.340 e. The van der Waals surface area contributed by atoms with E-state index in [1.807, 2.05) is 48.3 Å². The van der Waals surface area contributed by atoms with Gasteiger partial charge in [0.1, 0.15) is 0 Å². The number of anilines is 1. The maximum Gasteiger partial charge on any atom is 0.227 e. The summed E-state index contributed by atoms with van der Waals surface area (Å²) in [6.45, 7) is 1.41. The van der Waals surface area contributed by atoms with Gasteiger partial charge >= 0.3 is 0 Å². The summed E-state index contributed by atoms with van der Waals surface area (Å²) in [6, 6.07) is 11.8. The zero-order valence-corrected chi connectivity index (χ0v) is 15.9. The highest BCUT2D eigenvalue weighted by molar-refractivity contribution is 9.11. The van der Waals surface area contributed by atoms with Crippen LogP contribution in [-0.4, -0.2) is 30.3 Å². The molecule has 0 aliphatic carbocycles. The smallest absolute Gasteiger partial charge is 0.227 e. The summed E-state index contributed by atoms with van der Waals surface area (Å²) in [5, 5.41) is 0. The van der Waals surface area contributed by atoms with Gasteiger partial charge in [0.05, 0.1) is 16.8 Å². The molecule has 0 saturated carbocycles. The Morgan fingerprint density at radius 2 is 2.00 bits per heavy atom. The van der Waals surface area contributed by atoms with Gasteiger partial charge in [-0.25, -0.2) is 0 Å². The second-order valence-corrected chi connectivity index (χ2v) is 8.50. The molecule has 1 aliphatic rings. The quantitative estimate of drug-likeness (QED) is 0.756. The molecular weight excluding hydrogens is 388 g/mol. The molecule has 1 fully saturated rings. The van der Waals surface area contributed by atoms with E-state index in [-0.39, 0.29) is 11.8 Å². The maximum absolute atomic E-state index is 12.4. The molecule has 0 atom stereocenters. The molecule has 1 aromatic carbocycles. The van der Waals surface area contributed by atoms with Gasteiger partial charge in [0, 0.05) is 30.6 Å². The summed E-state index contributed by atoms with van der Waals surface area (Å²) in [4.78, 5) is 28.8. The zero-order chi connectivity index (χ0) is 17.1. The van der Waals surface area contributed by atoms with Gasteiger partial charge in [-0.3, -0.25) is 9.59 Å². The van der Waals surface area contributed by atoms with Gasteiger partial charge in [-0.2, -0.15) is 0 Å². The van der Waals surface area contributed by atoms with Gasteiger partial charge in [-0.05, 0) is 52.2 Å². The molecule has 3 rings (SSSR count). The minimum atomic E-state index is 0.0875. The van der Waals surface area contributed by atoms with Crippen LogP contribution in [0.5, 0.6) is 0 Å². The minimum absolute atomic E-state index is 0.0875. The van der Waals surface area contributed by atoms with Gasteiger partial charge in [0.25, 0.3) is 0 Å². The van der Waals surface area contributed by atoms with Crippen molar-refractivity contribution in [3.05, 3.63) is 50.6 Å². The average molecular weight is 407 g/mol. The van der Waals surface area contributed by atoms with Crippen LogP contribution in [0.25, 0.3) is 0 Å². The third kappa shape index (κ3) is 4.05. The molecule has 4 nitrogen and oxygen atoms in total. The number of halogens is 1. The normalized spacial score (nSPS) is 14.2. The average Bonchev–Trinajstić information content (AvgIpc) is 3.16. The van der Waals surface area contributed by atoms with Crippen LogP contribution in [0.3, 0.4) is 0 Å². The van der Waals surface area contributed by atoms with Crippen LogP contribution in [0.4, 0.5) is 5.69 Å². The molecule has 1 aliphatic heterocycles. The lowest BCUT2D eigenvalue weighted by Gasteiger charge is -2.18. The van der Waals surface area contributed by atoms with Crippen LogP contribution in [0.1, 0.15) is 23.3 Å². The number of likely N-dealkylation sites (N-methyl/N-ethyl adjacent to an activating group) is 1. The first-order chi connectivity index (χ1) is 11.5. The molecule has 24 heavy (non-hydrogen) atoms. The van der Waals surface area contributed by atoms with Crippen LogP contribution in [0, 0.1) is 0 Å². The number of benzene rings is 1. The highest BCUT2D eigenvalue weighted by Gasteiger charge is 2.21. The SMILES string of the molecule is CN(Cc1ccc(Br)s1)C(=O)Cc1ccc(N2CCCC2=O)cc1. The number of hydrogen-bond donors (Lipinski definition) is 0. The number of nitrogens with zero attached hydrogens (tertiary/aromatic N) is 2. The summed E-state index contributed by atoms with van der Waals surface area (Å²) in [7, 11) is 1.83. The molecule has 2 aromatic rings. The second kappa shape index (κ2) is 7.49. The predicted molar refractivity (Wildman–Crippen MR) is 100 cm³/mol. The van der Waals surface area contributed by atoms with E-state index >= 15 is 0 Å². The third-order valence-corrected chi connectivity index (χ3v) is 5.73. The van der Waals surface area contributed by atoms with E-state index in [9.17, 15) is 9.59 Å².